The van der Waals surface area contributed by atoms with Crippen LogP contribution in [0.2, 0.25) is 0 Å². The van der Waals surface area contributed by atoms with E-state index in [9.17, 15) is 0 Å². The first-order valence-electron chi connectivity index (χ1n) is 5.19. The zero-order valence-corrected chi connectivity index (χ0v) is 9.20. The number of nitrogens with two attached hydrogens (primary N) is 1. The summed E-state index contributed by atoms with van der Waals surface area (Å²) in [6, 6.07) is 8.69. The average molecular weight is 219 g/mol. The third kappa shape index (κ3) is 1.50. The number of nitrogens with zero attached hydrogens (tertiary/aromatic N) is 2. The molecule has 0 unspecified atom stereocenters. The van der Waals surface area contributed by atoms with Crippen molar-refractivity contribution in [3.8, 4) is 0 Å². The second-order valence-corrected chi connectivity index (χ2v) is 4.80. The first kappa shape index (κ1) is 9.12. The first-order chi connectivity index (χ1) is 7.34. The van der Waals surface area contributed by atoms with Crippen molar-refractivity contribution in [2.75, 3.05) is 18.0 Å². The SMILES string of the molecule is N[C@H]1CCN(c2nsc3ccccc23)C1. The van der Waals surface area contributed by atoms with Crippen molar-refractivity contribution in [3.05, 3.63) is 24.3 Å². The average Bonchev–Trinajstić information content (AvgIpc) is 2.83. The molecule has 2 N–H and O–H groups in total. The highest BCUT2D eigenvalue weighted by molar-refractivity contribution is 7.13. The van der Waals surface area contributed by atoms with E-state index in [1.807, 2.05) is 0 Å². The molecule has 2 aromatic rings. The summed E-state index contributed by atoms with van der Waals surface area (Å²) in [4.78, 5) is 2.30. The van der Waals surface area contributed by atoms with E-state index in [1.54, 1.807) is 11.5 Å². The highest BCUT2D eigenvalue weighted by Gasteiger charge is 2.22. The highest BCUT2D eigenvalue weighted by Crippen LogP contribution is 2.30. The fraction of sp³-hybridized carbons (Fsp3) is 0.364. The van der Waals surface area contributed by atoms with Gasteiger partial charge in [0.05, 0.1) is 4.70 Å². The van der Waals surface area contributed by atoms with E-state index in [1.165, 1.54) is 10.1 Å². The van der Waals surface area contributed by atoms with Crippen LogP contribution < -0.4 is 10.6 Å². The maximum absolute atomic E-state index is 5.91. The molecule has 0 radical (unpaired) electrons. The molecule has 0 spiro atoms. The van der Waals surface area contributed by atoms with Gasteiger partial charge in [0.2, 0.25) is 0 Å². The third-order valence-electron chi connectivity index (χ3n) is 2.88. The second kappa shape index (κ2) is 3.47. The Labute approximate surface area is 92.7 Å². The lowest BCUT2D eigenvalue weighted by Crippen LogP contribution is -2.26. The van der Waals surface area contributed by atoms with Gasteiger partial charge in [-0.2, -0.15) is 4.37 Å². The lowest BCUT2D eigenvalue weighted by molar-refractivity contribution is 0.752. The molecule has 3 nitrogen and oxygen atoms in total. The van der Waals surface area contributed by atoms with Crippen molar-refractivity contribution < 1.29 is 0 Å². The van der Waals surface area contributed by atoms with Crippen LogP contribution in [-0.2, 0) is 0 Å². The number of hydrogen-bond acceptors (Lipinski definition) is 4. The number of anilines is 1. The molecule has 0 aliphatic carbocycles. The number of rotatable bonds is 1. The molecule has 1 aromatic heterocycles. The smallest absolute Gasteiger partial charge is 0.150 e. The van der Waals surface area contributed by atoms with E-state index < -0.39 is 0 Å². The Morgan fingerprint density at radius 2 is 2.27 bits per heavy atom. The monoisotopic (exact) mass is 219 g/mol. The highest BCUT2D eigenvalue weighted by atomic mass is 32.1. The van der Waals surface area contributed by atoms with E-state index in [-0.39, 0.29) is 0 Å². The van der Waals surface area contributed by atoms with Gasteiger partial charge in [0.25, 0.3) is 0 Å². The Bertz CT molecular complexity index is 479. The van der Waals surface area contributed by atoms with E-state index in [0.29, 0.717) is 6.04 Å². The van der Waals surface area contributed by atoms with Crippen LogP contribution >= 0.6 is 11.5 Å². The molecule has 0 bridgehead atoms. The summed E-state index contributed by atoms with van der Waals surface area (Å²) in [6.45, 7) is 1.97. The van der Waals surface area contributed by atoms with E-state index >= 15 is 0 Å². The van der Waals surface area contributed by atoms with Gasteiger partial charge in [-0.1, -0.05) is 12.1 Å². The summed E-state index contributed by atoms with van der Waals surface area (Å²) in [7, 11) is 0. The normalized spacial score (nSPS) is 21.4. The van der Waals surface area contributed by atoms with Crippen LogP contribution in [0.1, 0.15) is 6.42 Å². The molecule has 15 heavy (non-hydrogen) atoms. The predicted molar refractivity (Wildman–Crippen MR) is 64.4 cm³/mol. The van der Waals surface area contributed by atoms with Crippen LogP contribution in [0.15, 0.2) is 24.3 Å². The maximum Gasteiger partial charge on any atom is 0.150 e. The molecule has 1 aromatic carbocycles. The molecule has 1 aliphatic heterocycles. The minimum absolute atomic E-state index is 0.311. The van der Waals surface area contributed by atoms with Crippen molar-refractivity contribution in [2.45, 2.75) is 12.5 Å². The molecule has 4 heteroatoms. The number of aromatic nitrogens is 1. The van der Waals surface area contributed by atoms with Crippen molar-refractivity contribution in [2.24, 2.45) is 5.73 Å². The van der Waals surface area contributed by atoms with E-state index in [0.717, 1.165) is 25.3 Å². The standard InChI is InChI=1S/C11H13N3S/c12-8-5-6-14(7-8)11-9-3-1-2-4-10(9)15-13-11/h1-4,8H,5-7,12H2/t8-/m0/s1. The largest absolute Gasteiger partial charge is 0.354 e. The minimum Gasteiger partial charge on any atom is -0.354 e. The van der Waals surface area contributed by atoms with Gasteiger partial charge in [0, 0.05) is 24.5 Å². The molecular formula is C11H13N3S. The number of fused-ring (bicyclic) bond motifs is 1. The fourth-order valence-electron chi connectivity index (χ4n) is 2.08. The van der Waals surface area contributed by atoms with Gasteiger partial charge in [-0.15, -0.1) is 0 Å². The van der Waals surface area contributed by atoms with Crippen molar-refractivity contribution in [1.29, 1.82) is 0 Å². The van der Waals surface area contributed by atoms with Crippen molar-refractivity contribution >= 4 is 27.4 Å². The summed E-state index contributed by atoms with van der Waals surface area (Å²) in [5.74, 6) is 1.11. The molecule has 78 valence electrons. The predicted octanol–water partition coefficient (Wildman–Crippen LogP) is 1.83. The van der Waals surface area contributed by atoms with Crippen LogP contribution in [0.25, 0.3) is 10.1 Å². The summed E-state index contributed by atoms with van der Waals surface area (Å²) in [5.41, 5.74) is 5.91. The van der Waals surface area contributed by atoms with Gasteiger partial charge in [-0.25, -0.2) is 0 Å². The third-order valence-corrected chi connectivity index (χ3v) is 3.70. The van der Waals surface area contributed by atoms with Gasteiger partial charge in [0.1, 0.15) is 5.82 Å². The van der Waals surface area contributed by atoms with E-state index in [4.69, 9.17) is 5.73 Å². The Morgan fingerprint density at radius 1 is 1.40 bits per heavy atom. The van der Waals surface area contributed by atoms with Crippen LogP contribution in [0.3, 0.4) is 0 Å². The second-order valence-electron chi connectivity index (χ2n) is 4.00. The molecule has 0 amide bonds. The molecule has 1 aliphatic rings. The van der Waals surface area contributed by atoms with Crippen LogP contribution in [0.5, 0.6) is 0 Å². The Balaban J connectivity index is 2.04. The van der Waals surface area contributed by atoms with Crippen molar-refractivity contribution in [3.63, 3.8) is 0 Å². The van der Waals surface area contributed by atoms with Gasteiger partial charge in [-0.05, 0) is 30.1 Å². The van der Waals surface area contributed by atoms with Crippen molar-refractivity contribution in [1.82, 2.24) is 4.37 Å². The Morgan fingerprint density at radius 3 is 3.07 bits per heavy atom. The molecule has 0 saturated carbocycles. The topological polar surface area (TPSA) is 42.1 Å². The summed E-state index contributed by atoms with van der Waals surface area (Å²) in [5, 5.41) is 1.26. The lowest BCUT2D eigenvalue weighted by atomic mass is 10.2. The van der Waals surface area contributed by atoms with Gasteiger partial charge in [0.15, 0.2) is 0 Å². The lowest BCUT2D eigenvalue weighted by Gasteiger charge is -2.14. The quantitative estimate of drug-likeness (QED) is 0.795. The van der Waals surface area contributed by atoms with Crippen LogP contribution in [0, 0.1) is 0 Å². The van der Waals surface area contributed by atoms with Gasteiger partial charge < -0.3 is 10.6 Å². The summed E-state index contributed by atoms with van der Waals surface area (Å²) < 4.78 is 5.78. The maximum atomic E-state index is 5.91. The van der Waals surface area contributed by atoms with Gasteiger partial charge in [-0.3, -0.25) is 0 Å². The molecule has 1 atom stereocenters. The zero-order valence-electron chi connectivity index (χ0n) is 8.39. The fourth-order valence-corrected chi connectivity index (χ4v) is 2.88. The minimum atomic E-state index is 0.311. The molecular weight excluding hydrogens is 206 g/mol. The molecule has 3 rings (SSSR count). The molecule has 2 heterocycles. The molecule has 1 fully saturated rings. The van der Waals surface area contributed by atoms with Crippen LogP contribution in [-0.4, -0.2) is 23.5 Å². The molecule has 1 saturated heterocycles. The Hall–Kier alpha value is -1.13. The summed E-state index contributed by atoms with van der Waals surface area (Å²) >= 11 is 1.57. The first-order valence-corrected chi connectivity index (χ1v) is 5.97. The summed E-state index contributed by atoms with van der Waals surface area (Å²) in [6.07, 6.45) is 1.08. The van der Waals surface area contributed by atoms with Crippen LogP contribution in [0.4, 0.5) is 5.82 Å². The number of hydrogen-bond donors (Lipinski definition) is 1. The van der Waals surface area contributed by atoms with Gasteiger partial charge >= 0.3 is 0 Å². The van der Waals surface area contributed by atoms with E-state index in [2.05, 4.69) is 33.5 Å². The Kier molecular flexibility index (Phi) is 2.11. The zero-order chi connectivity index (χ0) is 10.3. The number of benzene rings is 1.